The molecule has 6 rings (SSSR count). The Kier molecular flexibility index (Phi) is 4.50. The van der Waals surface area contributed by atoms with Crippen LogP contribution in [-0.2, 0) is 21.3 Å². The average Bonchev–Trinajstić information content (AvgIpc) is 3.31. The van der Waals surface area contributed by atoms with Gasteiger partial charge in [0, 0.05) is 35.2 Å². The minimum atomic E-state index is -2.37. The van der Waals surface area contributed by atoms with Gasteiger partial charge in [-0.05, 0) is 55.5 Å². The van der Waals surface area contributed by atoms with E-state index in [4.69, 9.17) is 13.2 Å². The fraction of sp³-hybridized carbons (Fsp3) is 0.348. The van der Waals surface area contributed by atoms with Crippen LogP contribution in [0.25, 0.3) is 10.9 Å². The van der Waals surface area contributed by atoms with Gasteiger partial charge in [0.25, 0.3) is 5.91 Å². The van der Waals surface area contributed by atoms with E-state index in [2.05, 4.69) is 27.0 Å². The molecule has 1 saturated heterocycles. The number of carbonyl (C=O) groups is 1. The van der Waals surface area contributed by atoms with Gasteiger partial charge in [-0.2, -0.15) is 9.35 Å². The summed E-state index contributed by atoms with van der Waals surface area (Å²) in [7, 11) is -0.653. The second-order valence-electron chi connectivity index (χ2n) is 8.22. The molecule has 1 spiro atoms. The van der Waals surface area contributed by atoms with Gasteiger partial charge in [-0.15, -0.1) is 0 Å². The zero-order chi connectivity index (χ0) is 21.0. The summed E-state index contributed by atoms with van der Waals surface area (Å²) in [6, 6.07) is 11.8. The highest BCUT2D eigenvalue weighted by atomic mass is 32.3. The van der Waals surface area contributed by atoms with Gasteiger partial charge in [0.05, 0.1) is 24.2 Å². The molecule has 3 aliphatic rings. The summed E-state index contributed by atoms with van der Waals surface area (Å²) in [6.07, 6.45) is 5.67. The van der Waals surface area contributed by atoms with Crippen molar-refractivity contribution in [3.8, 4) is 5.75 Å². The molecule has 1 amide bonds. The van der Waals surface area contributed by atoms with Crippen LogP contribution < -0.4 is 9.46 Å². The van der Waals surface area contributed by atoms with Crippen LogP contribution in [0, 0.1) is 0 Å². The molecule has 162 valence electrons. The van der Waals surface area contributed by atoms with Crippen molar-refractivity contribution in [2.24, 2.45) is 0 Å². The third kappa shape index (κ3) is 2.97. The Morgan fingerprint density at radius 1 is 1.16 bits per heavy atom. The van der Waals surface area contributed by atoms with Crippen LogP contribution in [0.1, 0.15) is 34.3 Å². The molecule has 3 aromatic rings. The highest BCUT2D eigenvalue weighted by Gasteiger charge is 2.42. The molecule has 0 radical (unpaired) electrons. The van der Waals surface area contributed by atoms with Gasteiger partial charge in [0.1, 0.15) is 5.75 Å². The van der Waals surface area contributed by atoms with Crippen LogP contribution in [0.5, 0.6) is 5.75 Å². The van der Waals surface area contributed by atoms with E-state index in [9.17, 15) is 4.79 Å². The van der Waals surface area contributed by atoms with Crippen molar-refractivity contribution >= 4 is 27.6 Å². The van der Waals surface area contributed by atoms with Gasteiger partial charge in [0.2, 0.25) is 0 Å². The SMILES string of the molecule is COc1ccc2[nH]cc3c2c1CC(N1CCCCOS2(NC(=O)c4ccccc42)O1)C3. The molecule has 2 aromatic carbocycles. The largest absolute Gasteiger partial charge is 0.496 e. The lowest BCUT2D eigenvalue weighted by Crippen LogP contribution is -2.44. The van der Waals surface area contributed by atoms with Gasteiger partial charge in [-0.3, -0.25) is 8.98 Å². The Labute approximate surface area is 182 Å². The van der Waals surface area contributed by atoms with E-state index in [1.165, 1.54) is 16.5 Å². The third-order valence-electron chi connectivity index (χ3n) is 6.39. The number of benzene rings is 2. The normalized spacial score (nSPS) is 27.9. The average molecular weight is 440 g/mol. The number of carbonyl (C=O) groups excluding carboxylic acids is 1. The predicted octanol–water partition coefficient (Wildman–Crippen LogP) is 4.04. The Morgan fingerprint density at radius 3 is 2.97 bits per heavy atom. The van der Waals surface area contributed by atoms with Gasteiger partial charge < -0.3 is 9.72 Å². The van der Waals surface area contributed by atoms with Crippen LogP contribution in [0.15, 0.2) is 47.5 Å². The smallest absolute Gasteiger partial charge is 0.271 e. The highest BCUT2D eigenvalue weighted by Crippen LogP contribution is 2.60. The van der Waals surface area contributed by atoms with E-state index in [-0.39, 0.29) is 11.9 Å². The molecule has 0 saturated carbocycles. The van der Waals surface area contributed by atoms with Crippen molar-refractivity contribution < 1.29 is 18.0 Å². The van der Waals surface area contributed by atoms with Crippen molar-refractivity contribution in [2.45, 2.75) is 36.6 Å². The van der Waals surface area contributed by atoms with Crippen molar-refractivity contribution in [3.05, 3.63) is 59.3 Å². The van der Waals surface area contributed by atoms with Gasteiger partial charge in [0.15, 0.2) is 0 Å². The molecule has 1 fully saturated rings. The number of nitrogens with one attached hydrogen (secondary N) is 2. The second kappa shape index (κ2) is 7.27. The summed E-state index contributed by atoms with van der Waals surface area (Å²) in [6.45, 7) is 1.36. The maximum absolute atomic E-state index is 12.7. The molecule has 2 aliphatic heterocycles. The summed E-state index contributed by atoms with van der Waals surface area (Å²) in [4.78, 5) is 16.9. The molecule has 2 unspecified atom stereocenters. The second-order valence-corrected chi connectivity index (χ2v) is 10.3. The fourth-order valence-electron chi connectivity index (χ4n) is 4.93. The number of aromatic nitrogens is 1. The van der Waals surface area contributed by atoms with Crippen LogP contribution in [0.2, 0.25) is 0 Å². The number of fused-ring (bicyclic) bond motifs is 2. The number of amides is 1. The number of H-pyrrole nitrogens is 1. The lowest BCUT2D eigenvalue weighted by atomic mass is 9.88. The maximum atomic E-state index is 12.7. The molecule has 1 aromatic heterocycles. The number of rotatable bonds is 2. The van der Waals surface area contributed by atoms with Crippen LogP contribution in [0.3, 0.4) is 0 Å². The van der Waals surface area contributed by atoms with Crippen molar-refractivity contribution in [2.75, 3.05) is 20.3 Å². The maximum Gasteiger partial charge on any atom is 0.271 e. The number of hydroxylamine groups is 2. The van der Waals surface area contributed by atoms with Crippen molar-refractivity contribution in [1.29, 1.82) is 0 Å². The first-order valence-electron chi connectivity index (χ1n) is 10.7. The number of hydrogen-bond acceptors (Lipinski definition) is 5. The Hall–Kier alpha value is -2.52. The summed E-state index contributed by atoms with van der Waals surface area (Å²) in [5, 5.41) is 3.32. The summed E-state index contributed by atoms with van der Waals surface area (Å²) >= 11 is 0. The fourth-order valence-corrected chi connectivity index (χ4v) is 7.27. The van der Waals surface area contributed by atoms with Crippen LogP contribution in [0.4, 0.5) is 0 Å². The Bertz CT molecular complexity index is 1180. The molecular weight excluding hydrogens is 414 g/mol. The topological polar surface area (TPSA) is 75.8 Å². The quantitative estimate of drug-likeness (QED) is 0.630. The first-order valence-corrected chi connectivity index (χ1v) is 12.2. The molecule has 2 N–H and O–H groups in total. The van der Waals surface area contributed by atoms with E-state index >= 15 is 0 Å². The monoisotopic (exact) mass is 439 g/mol. The number of aromatic amines is 1. The summed E-state index contributed by atoms with van der Waals surface area (Å²) in [5.41, 5.74) is 4.26. The molecule has 7 nitrogen and oxygen atoms in total. The zero-order valence-electron chi connectivity index (χ0n) is 17.3. The predicted molar refractivity (Wildman–Crippen MR) is 119 cm³/mol. The lowest BCUT2D eigenvalue weighted by molar-refractivity contribution is -0.101. The molecular formula is C23H25N3O4S. The third-order valence-corrected chi connectivity index (χ3v) is 8.68. The minimum Gasteiger partial charge on any atom is -0.496 e. The standard InChI is InChI=1S/C23H25N3O4S/c1-28-20-9-8-19-22-15(14-24-19)12-16(13-18(20)22)26-10-4-5-11-29-31(30-26)21-7-3-2-6-17(21)23(27)25-31/h2-3,6-9,14,16,24H,4-5,10-13H2,1H3,(H,25,27). The van der Waals surface area contributed by atoms with E-state index in [1.54, 1.807) is 7.11 Å². The summed E-state index contributed by atoms with van der Waals surface area (Å²) < 4.78 is 21.7. The van der Waals surface area contributed by atoms with E-state index < -0.39 is 10.8 Å². The molecule has 2 atom stereocenters. The van der Waals surface area contributed by atoms with Gasteiger partial charge in [-0.25, -0.2) is 4.72 Å². The first-order chi connectivity index (χ1) is 15.2. The number of nitrogens with zero attached hydrogens (tertiary/aromatic N) is 1. The van der Waals surface area contributed by atoms with E-state index in [1.807, 2.05) is 30.3 Å². The minimum absolute atomic E-state index is 0.124. The molecule has 31 heavy (non-hydrogen) atoms. The summed E-state index contributed by atoms with van der Waals surface area (Å²) in [5.74, 6) is 0.775. The van der Waals surface area contributed by atoms with Crippen molar-refractivity contribution in [1.82, 2.24) is 14.8 Å². The number of hydrogen-bond donors (Lipinski definition) is 2. The highest BCUT2D eigenvalue weighted by molar-refractivity contribution is 8.25. The lowest BCUT2D eigenvalue weighted by Gasteiger charge is -2.46. The molecule has 3 heterocycles. The van der Waals surface area contributed by atoms with E-state index in [0.717, 1.165) is 48.4 Å². The van der Waals surface area contributed by atoms with Gasteiger partial charge in [-0.1, -0.05) is 22.9 Å². The van der Waals surface area contributed by atoms with E-state index in [0.29, 0.717) is 12.2 Å². The Morgan fingerprint density at radius 2 is 2.06 bits per heavy atom. The number of ether oxygens (including phenoxy) is 1. The molecule has 8 heteroatoms. The van der Waals surface area contributed by atoms with Crippen LogP contribution in [-0.4, -0.2) is 42.3 Å². The van der Waals surface area contributed by atoms with Crippen molar-refractivity contribution in [3.63, 3.8) is 0 Å². The molecule has 0 bridgehead atoms. The zero-order valence-corrected chi connectivity index (χ0v) is 18.2. The number of methoxy groups -OCH3 is 1. The molecule has 1 aliphatic carbocycles. The van der Waals surface area contributed by atoms with Crippen LogP contribution >= 0.6 is 10.8 Å². The first kappa shape index (κ1) is 19.2. The Balaban J connectivity index is 1.37. The van der Waals surface area contributed by atoms with Gasteiger partial charge >= 0.3 is 0 Å².